The molecule has 2 fully saturated rings. The minimum Gasteiger partial charge on any atom is -0.356 e. The number of guanidine groups is 1. The maximum absolute atomic E-state index is 13.7. The van der Waals surface area contributed by atoms with Crippen LogP contribution in [-0.4, -0.2) is 49.4 Å². The second-order valence-electron chi connectivity index (χ2n) is 7.74. The molecule has 1 saturated heterocycles. The zero-order chi connectivity index (χ0) is 20.5. The lowest BCUT2D eigenvalue weighted by molar-refractivity contribution is -0.140. The number of nitrogens with zero attached hydrogens (tertiary/aromatic N) is 2. The average molecular weight is 530 g/mol. The summed E-state index contributed by atoms with van der Waals surface area (Å²) in [5, 5.41) is 6.13. The van der Waals surface area contributed by atoms with Crippen LogP contribution >= 0.6 is 24.0 Å². The Bertz CT molecular complexity index is 862. The molecule has 162 valence electrons. The number of hydrogen-bond donors (Lipinski definition) is 2. The molecule has 4 rings (SSSR count). The number of carbonyl (C=O) groups is 2. The van der Waals surface area contributed by atoms with Crippen molar-refractivity contribution < 1.29 is 18.4 Å². The van der Waals surface area contributed by atoms with Gasteiger partial charge in [0.05, 0.1) is 11.8 Å². The predicted octanol–water partition coefficient (Wildman–Crippen LogP) is 2.10. The van der Waals surface area contributed by atoms with Gasteiger partial charge in [-0.2, -0.15) is 0 Å². The molecule has 30 heavy (non-hydrogen) atoms. The van der Waals surface area contributed by atoms with E-state index in [4.69, 9.17) is 0 Å². The third-order valence-electron chi connectivity index (χ3n) is 6.11. The molecule has 2 amide bonds. The first-order valence-corrected chi connectivity index (χ1v) is 9.91. The summed E-state index contributed by atoms with van der Waals surface area (Å²) in [5.74, 6) is -0.747. The fraction of sp³-hybridized carbons (Fsp3) is 0.476. The largest absolute Gasteiger partial charge is 0.356 e. The van der Waals surface area contributed by atoms with Gasteiger partial charge in [-0.15, -0.1) is 24.0 Å². The SMILES string of the molecule is CN=C(NCCc1ccc(F)cc1F)NCCN1C(=O)C2C3C=CC(C3)C2C1=O.I. The van der Waals surface area contributed by atoms with Crippen LogP contribution in [0.1, 0.15) is 12.0 Å². The van der Waals surface area contributed by atoms with Gasteiger partial charge in [0.25, 0.3) is 0 Å². The van der Waals surface area contributed by atoms with Gasteiger partial charge in [0, 0.05) is 32.7 Å². The number of allylic oxidation sites excluding steroid dienone is 2. The van der Waals surface area contributed by atoms with E-state index in [0.29, 0.717) is 31.0 Å². The third kappa shape index (κ3) is 4.21. The summed E-state index contributed by atoms with van der Waals surface area (Å²) in [4.78, 5) is 30.8. The van der Waals surface area contributed by atoms with Crippen molar-refractivity contribution in [1.82, 2.24) is 15.5 Å². The van der Waals surface area contributed by atoms with Crippen LogP contribution in [0, 0.1) is 35.3 Å². The van der Waals surface area contributed by atoms with E-state index < -0.39 is 11.6 Å². The molecule has 9 heteroatoms. The first-order valence-electron chi connectivity index (χ1n) is 9.91. The Morgan fingerprint density at radius 1 is 1.10 bits per heavy atom. The van der Waals surface area contributed by atoms with E-state index in [1.54, 1.807) is 7.05 Å². The number of amides is 2. The van der Waals surface area contributed by atoms with Crippen LogP contribution in [0.25, 0.3) is 0 Å². The van der Waals surface area contributed by atoms with Gasteiger partial charge < -0.3 is 10.6 Å². The Morgan fingerprint density at radius 3 is 2.33 bits per heavy atom. The second-order valence-corrected chi connectivity index (χ2v) is 7.74. The van der Waals surface area contributed by atoms with Crippen molar-refractivity contribution in [2.75, 3.05) is 26.7 Å². The zero-order valence-electron chi connectivity index (χ0n) is 16.6. The first-order chi connectivity index (χ1) is 14.0. The van der Waals surface area contributed by atoms with Crippen LogP contribution < -0.4 is 10.6 Å². The summed E-state index contributed by atoms with van der Waals surface area (Å²) < 4.78 is 26.6. The number of rotatable bonds is 6. The number of imide groups is 1. The van der Waals surface area contributed by atoms with E-state index in [1.807, 2.05) is 0 Å². The van der Waals surface area contributed by atoms with E-state index in [-0.39, 0.29) is 66.0 Å². The number of aliphatic imine (C=N–C) groups is 1. The van der Waals surface area contributed by atoms with Gasteiger partial charge in [-0.1, -0.05) is 18.2 Å². The molecule has 2 N–H and O–H groups in total. The van der Waals surface area contributed by atoms with Crippen molar-refractivity contribution >= 4 is 41.8 Å². The van der Waals surface area contributed by atoms with Gasteiger partial charge >= 0.3 is 0 Å². The fourth-order valence-electron chi connectivity index (χ4n) is 4.73. The van der Waals surface area contributed by atoms with Crippen LogP contribution in [0.3, 0.4) is 0 Å². The number of halogens is 3. The van der Waals surface area contributed by atoms with E-state index >= 15 is 0 Å². The Labute approximate surface area is 191 Å². The molecule has 1 aromatic carbocycles. The van der Waals surface area contributed by atoms with Crippen LogP contribution in [0.5, 0.6) is 0 Å². The molecule has 2 aliphatic carbocycles. The second kappa shape index (κ2) is 9.40. The number of hydrogen-bond acceptors (Lipinski definition) is 3. The molecule has 2 bridgehead atoms. The molecular weight excluding hydrogens is 505 g/mol. The maximum atomic E-state index is 13.7. The highest BCUT2D eigenvalue weighted by atomic mass is 127. The Balaban J connectivity index is 0.00000256. The molecule has 1 heterocycles. The Morgan fingerprint density at radius 2 is 1.73 bits per heavy atom. The summed E-state index contributed by atoms with van der Waals surface area (Å²) in [7, 11) is 1.60. The van der Waals surface area contributed by atoms with Gasteiger partial charge in [0.15, 0.2) is 5.96 Å². The van der Waals surface area contributed by atoms with Crippen LogP contribution in [0.15, 0.2) is 35.3 Å². The quantitative estimate of drug-likeness (QED) is 0.194. The normalized spacial score (nSPS) is 26.8. The Hall–Kier alpha value is -2.04. The van der Waals surface area contributed by atoms with Gasteiger partial charge in [-0.3, -0.25) is 19.5 Å². The lowest BCUT2D eigenvalue weighted by Crippen LogP contribution is -2.44. The molecule has 4 unspecified atom stereocenters. The van der Waals surface area contributed by atoms with Gasteiger partial charge in [0.2, 0.25) is 11.8 Å². The van der Waals surface area contributed by atoms with Gasteiger partial charge in [0.1, 0.15) is 11.6 Å². The van der Waals surface area contributed by atoms with Gasteiger partial charge in [-0.05, 0) is 36.3 Å². The fourth-order valence-corrected chi connectivity index (χ4v) is 4.73. The van der Waals surface area contributed by atoms with Crippen molar-refractivity contribution in [2.24, 2.45) is 28.7 Å². The third-order valence-corrected chi connectivity index (χ3v) is 6.11. The zero-order valence-corrected chi connectivity index (χ0v) is 18.9. The summed E-state index contributed by atoms with van der Waals surface area (Å²) in [6, 6.07) is 3.52. The molecule has 0 spiro atoms. The molecule has 1 aromatic rings. The molecule has 0 aromatic heterocycles. The van der Waals surface area contributed by atoms with Crippen LogP contribution in [-0.2, 0) is 16.0 Å². The lowest BCUT2D eigenvalue weighted by atomic mass is 9.85. The minimum absolute atomic E-state index is 0. The van der Waals surface area contributed by atoms with E-state index in [2.05, 4.69) is 27.8 Å². The highest BCUT2D eigenvalue weighted by Crippen LogP contribution is 2.52. The van der Waals surface area contributed by atoms with Gasteiger partial charge in [-0.25, -0.2) is 8.78 Å². The molecular formula is C21H25F2IN4O2. The summed E-state index contributed by atoms with van der Waals surface area (Å²) in [6.07, 6.45) is 5.45. The topological polar surface area (TPSA) is 73.8 Å². The van der Waals surface area contributed by atoms with Crippen molar-refractivity contribution in [3.8, 4) is 0 Å². The number of likely N-dealkylation sites (tertiary alicyclic amines) is 1. The number of benzene rings is 1. The minimum atomic E-state index is -0.601. The van der Waals surface area contributed by atoms with Crippen LogP contribution in [0.2, 0.25) is 0 Å². The number of nitrogens with one attached hydrogen (secondary N) is 2. The predicted molar refractivity (Wildman–Crippen MR) is 119 cm³/mol. The van der Waals surface area contributed by atoms with Crippen LogP contribution in [0.4, 0.5) is 8.78 Å². The average Bonchev–Trinajstić information content (AvgIpc) is 3.37. The number of carbonyl (C=O) groups excluding carboxylic acids is 2. The molecule has 1 aliphatic heterocycles. The highest BCUT2D eigenvalue weighted by molar-refractivity contribution is 14.0. The summed E-state index contributed by atoms with van der Waals surface area (Å²) in [6.45, 7) is 1.07. The van der Waals surface area contributed by atoms with Crippen molar-refractivity contribution in [2.45, 2.75) is 12.8 Å². The molecule has 3 aliphatic rings. The smallest absolute Gasteiger partial charge is 0.233 e. The lowest BCUT2D eigenvalue weighted by Gasteiger charge is -2.18. The Kier molecular flexibility index (Phi) is 7.10. The molecule has 6 nitrogen and oxygen atoms in total. The van der Waals surface area contributed by atoms with E-state index in [1.165, 1.54) is 17.0 Å². The first kappa shape index (κ1) is 22.6. The molecule has 4 atom stereocenters. The summed E-state index contributed by atoms with van der Waals surface area (Å²) in [5.41, 5.74) is 0.414. The molecule has 1 saturated carbocycles. The standard InChI is InChI=1S/C21H24F2N4O2.HI/c1-24-21(25-7-6-12-4-5-15(22)11-16(12)23)26-8-9-27-19(28)17-13-2-3-14(10-13)18(17)20(27)29;/h2-5,11,13-14,17-18H,6-10H2,1H3,(H2,24,25,26);1H. The van der Waals surface area contributed by atoms with E-state index in [0.717, 1.165) is 12.5 Å². The maximum Gasteiger partial charge on any atom is 0.233 e. The summed E-state index contributed by atoms with van der Waals surface area (Å²) >= 11 is 0. The van der Waals surface area contributed by atoms with Crippen molar-refractivity contribution in [3.63, 3.8) is 0 Å². The molecule has 0 radical (unpaired) electrons. The van der Waals surface area contributed by atoms with Crippen molar-refractivity contribution in [3.05, 3.63) is 47.5 Å². The monoisotopic (exact) mass is 530 g/mol. The highest BCUT2D eigenvalue weighted by Gasteiger charge is 2.58. The van der Waals surface area contributed by atoms with Crippen molar-refractivity contribution in [1.29, 1.82) is 0 Å². The van der Waals surface area contributed by atoms with E-state index in [9.17, 15) is 18.4 Å². The number of fused-ring (bicyclic) bond motifs is 5.